The van der Waals surface area contributed by atoms with Gasteiger partial charge < -0.3 is 10.2 Å². The Bertz CT molecular complexity index is 2040. The van der Waals surface area contributed by atoms with Gasteiger partial charge in [-0.15, -0.1) is 0 Å². The second-order valence-corrected chi connectivity index (χ2v) is 9.85. The van der Waals surface area contributed by atoms with Crippen LogP contribution >= 0.6 is 0 Å². The van der Waals surface area contributed by atoms with Crippen molar-refractivity contribution in [2.75, 3.05) is 10.5 Å². The van der Waals surface area contributed by atoms with Crippen molar-refractivity contribution in [1.82, 2.24) is 19.7 Å². The summed E-state index contributed by atoms with van der Waals surface area (Å²) in [5.74, 6) is -1.08. The van der Waals surface area contributed by atoms with Crippen molar-refractivity contribution >= 4 is 44.8 Å². The molecule has 2 unspecified atom stereocenters. The van der Waals surface area contributed by atoms with Crippen LogP contribution in [0.5, 0.6) is 0 Å². The maximum absolute atomic E-state index is 14.8. The molecule has 0 saturated carbocycles. The van der Waals surface area contributed by atoms with Crippen molar-refractivity contribution in [2.45, 2.75) is 13.0 Å². The Hall–Kier alpha value is -5.01. The molecular weight excluding hydrogens is 554 g/mol. The Balaban J connectivity index is 1.59. The summed E-state index contributed by atoms with van der Waals surface area (Å²) >= 11 is -2.24. The largest absolute Gasteiger partial charge is 0.458 e. The Kier molecular flexibility index (Phi) is 6.52. The van der Waals surface area contributed by atoms with Crippen LogP contribution < -0.4 is 15.9 Å². The van der Waals surface area contributed by atoms with Crippen LogP contribution in [0.2, 0.25) is 0 Å². The molecule has 0 spiro atoms. The van der Waals surface area contributed by atoms with Gasteiger partial charge >= 0.3 is 0 Å². The van der Waals surface area contributed by atoms with Gasteiger partial charge in [0, 0.05) is 11.3 Å². The number of nitrogens with zero attached hydrogens (tertiary/aromatic N) is 4. The number of halogens is 2. The number of aromatic nitrogens is 4. The van der Waals surface area contributed by atoms with E-state index in [4.69, 9.17) is 19.8 Å². The van der Waals surface area contributed by atoms with Gasteiger partial charge in [0.15, 0.2) is 5.65 Å². The van der Waals surface area contributed by atoms with E-state index in [1.165, 1.54) is 41.3 Å². The zero-order chi connectivity index (χ0) is 28.8. The summed E-state index contributed by atoms with van der Waals surface area (Å²) in [4.78, 5) is 22.2. The summed E-state index contributed by atoms with van der Waals surface area (Å²) < 4.78 is 59.3. The first kappa shape index (κ1) is 26.2. The molecular formula is C28H20F2N6O4S. The molecule has 6 rings (SSSR count). The van der Waals surface area contributed by atoms with Crippen molar-refractivity contribution in [1.29, 1.82) is 0 Å². The van der Waals surface area contributed by atoms with Gasteiger partial charge in [0.1, 0.15) is 52.2 Å². The van der Waals surface area contributed by atoms with Gasteiger partial charge in [0.2, 0.25) is 5.43 Å². The first-order valence-corrected chi connectivity index (χ1v) is 13.3. The lowest BCUT2D eigenvalue weighted by molar-refractivity contribution is 0.445. The minimum atomic E-state index is -2.24. The number of hydrogen-bond donors (Lipinski definition) is 3. The first-order chi connectivity index (χ1) is 19.7. The standard InChI is InChI=1S/C28H20F2N6O4S/c1-14(26-21(16-4-2-5-17(29)12-16)25(37)22-19(30)6-3-7-20(22)40-26)36-28-23(27(31)32-13-33-28)24(34-36)15-8-10-18(11-9-15)35-41(38)39/h2-14,35H,1H3,(H,38,39)(H2,31,32,33). The fourth-order valence-electron chi connectivity index (χ4n) is 4.80. The van der Waals surface area contributed by atoms with Crippen LogP contribution in [-0.4, -0.2) is 28.5 Å². The number of nitrogens with two attached hydrogens (primary N) is 1. The molecule has 10 nitrogen and oxygen atoms in total. The molecule has 3 aromatic heterocycles. The van der Waals surface area contributed by atoms with Crippen LogP contribution in [0.25, 0.3) is 44.4 Å². The predicted molar refractivity (Wildman–Crippen MR) is 151 cm³/mol. The van der Waals surface area contributed by atoms with Gasteiger partial charge in [-0.05, 0) is 48.9 Å². The average Bonchev–Trinajstić information content (AvgIpc) is 3.33. The van der Waals surface area contributed by atoms with Crippen molar-refractivity contribution in [3.8, 4) is 22.4 Å². The zero-order valence-electron chi connectivity index (χ0n) is 21.2. The van der Waals surface area contributed by atoms with Crippen LogP contribution in [0, 0.1) is 11.6 Å². The smallest absolute Gasteiger partial charge is 0.259 e. The summed E-state index contributed by atoms with van der Waals surface area (Å²) in [5.41, 5.74) is 7.53. The number of hydrogen-bond acceptors (Lipinski definition) is 7. The average molecular weight is 575 g/mol. The lowest BCUT2D eigenvalue weighted by atomic mass is 9.99. The van der Waals surface area contributed by atoms with Crippen LogP contribution in [0.3, 0.4) is 0 Å². The molecule has 2 atom stereocenters. The maximum Gasteiger partial charge on any atom is 0.259 e. The monoisotopic (exact) mass is 574 g/mol. The number of anilines is 2. The number of benzene rings is 3. The summed E-state index contributed by atoms with van der Waals surface area (Å²) in [5, 5.41) is 4.93. The molecule has 0 aliphatic rings. The molecule has 41 heavy (non-hydrogen) atoms. The molecule has 0 radical (unpaired) electrons. The van der Waals surface area contributed by atoms with Gasteiger partial charge in [-0.2, -0.15) is 5.10 Å². The van der Waals surface area contributed by atoms with Crippen LogP contribution in [-0.2, 0) is 11.3 Å². The molecule has 6 aromatic rings. The fraction of sp³-hybridized carbons (Fsp3) is 0.0714. The van der Waals surface area contributed by atoms with E-state index < -0.39 is 34.4 Å². The third-order valence-electron chi connectivity index (χ3n) is 6.64. The molecule has 13 heteroatoms. The molecule has 206 valence electrons. The van der Waals surface area contributed by atoms with Crippen LogP contribution in [0.15, 0.2) is 82.3 Å². The Morgan fingerprint density at radius 3 is 2.51 bits per heavy atom. The van der Waals surface area contributed by atoms with Crippen molar-refractivity contribution < 1.29 is 22.0 Å². The van der Waals surface area contributed by atoms with Gasteiger partial charge in [-0.25, -0.2) is 27.6 Å². The molecule has 0 aliphatic heterocycles. The minimum absolute atomic E-state index is 0.0192. The van der Waals surface area contributed by atoms with E-state index in [0.717, 1.165) is 6.07 Å². The summed E-state index contributed by atoms with van der Waals surface area (Å²) in [6, 6.07) is 15.2. The summed E-state index contributed by atoms with van der Waals surface area (Å²) in [6.07, 6.45) is 1.27. The van der Waals surface area contributed by atoms with E-state index in [1.54, 1.807) is 37.3 Å². The first-order valence-electron chi connectivity index (χ1n) is 12.2. The molecule has 0 aliphatic carbocycles. The molecule has 0 saturated heterocycles. The SMILES string of the molecule is CC(c1oc2cccc(F)c2c(=O)c1-c1cccc(F)c1)n1nc(-c2ccc(NS(=O)O)cc2)c2c(N)ncnc21. The van der Waals surface area contributed by atoms with E-state index in [0.29, 0.717) is 28.0 Å². The maximum atomic E-state index is 14.8. The fourth-order valence-corrected chi connectivity index (χ4v) is 5.14. The third-order valence-corrected chi connectivity index (χ3v) is 7.05. The highest BCUT2D eigenvalue weighted by atomic mass is 32.2. The lowest BCUT2D eigenvalue weighted by Crippen LogP contribution is -2.17. The summed E-state index contributed by atoms with van der Waals surface area (Å²) in [6.45, 7) is 1.71. The Morgan fingerprint density at radius 1 is 1.02 bits per heavy atom. The predicted octanol–water partition coefficient (Wildman–Crippen LogP) is 5.29. The number of nitrogen functional groups attached to an aromatic ring is 1. The van der Waals surface area contributed by atoms with E-state index in [-0.39, 0.29) is 33.7 Å². The van der Waals surface area contributed by atoms with Crippen molar-refractivity contribution in [3.63, 3.8) is 0 Å². The van der Waals surface area contributed by atoms with Gasteiger partial charge in [-0.3, -0.25) is 14.1 Å². The van der Waals surface area contributed by atoms with E-state index in [1.807, 2.05) is 0 Å². The number of rotatable bonds is 6. The number of nitrogens with one attached hydrogen (secondary N) is 1. The molecule has 3 aromatic carbocycles. The van der Waals surface area contributed by atoms with E-state index >= 15 is 0 Å². The quantitative estimate of drug-likeness (QED) is 0.227. The van der Waals surface area contributed by atoms with E-state index in [2.05, 4.69) is 14.7 Å². The van der Waals surface area contributed by atoms with Gasteiger partial charge in [-0.1, -0.05) is 30.3 Å². The van der Waals surface area contributed by atoms with Crippen molar-refractivity contribution in [2.24, 2.45) is 0 Å². The molecule has 3 heterocycles. The zero-order valence-corrected chi connectivity index (χ0v) is 22.0. The van der Waals surface area contributed by atoms with Gasteiger partial charge in [0.25, 0.3) is 11.3 Å². The molecule has 0 fully saturated rings. The third kappa shape index (κ3) is 4.60. The minimum Gasteiger partial charge on any atom is -0.458 e. The van der Waals surface area contributed by atoms with E-state index in [9.17, 15) is 17.8 Å². The topological polar surface area (TPSA) is 149 Å². The summed E-state index contributed by atoms with van der Waals surface area (Å²) in [7, 11) is 0. The normalized spacial score (nSPS) is 13.0. The molecule has 0 amide bonds. The molecule has 4 N–H and O–H groups in total. The second-order valence-electron chi connectivity index (χ2n) is 9.15. The molecule has 0 bridgehead atoms. The van der Waals surface area contributed by atoms with Gasteiger partial charge in [0.05, 0.1) is 10.9 Å². The second kappa shape index (κ2) is 10.2. The Labute approximate surface area is 232 Å². The highest BCUT2D eigenvalue weighted by Gasteiger charge is 2.27. The highest BCUT2D eigenvalue weighted by molar-refractivity contribution is 7.80. The number of fused-ring (bicyclic) bond motifs is 2. The van der Waals surface area contributed by atoms with Crippen LogP contribution in [0.1, 0.15) is 18.7 Å². The highest BCUT2D eigenvalue weighted by Crippen LogP contribution is 2.36. The van der Waals surface area contributed by atoms with Crippen molar-refractivity contribution in [3.05, 3.63) is 101 Å². The lowest BCUT2D eigenvalue weighted by Gasteiger charge is -2.17. The van der Waals surface area contributed by atoms with Crippen LogP contribution in [0.4, 0.5) is 20.3 Å². The Morgan fingerprint density at radius 2 is 1.78 bits per heavy atom.